The summed E-state index contributed by atoms with van der Waals surface area (Å²) in [5.41, 5.74) is 4.55. The summed E-state index contributed by atoms with van der Waals surface area (Å²) in [7, 11) is 0. The molecule has 4 N–H and O–H groups in total. The molecule has 2 unspecified atom stereocenters. The van der Waals surface area contributed by atoms with Gasteiger partial charge in [0.25, 0.3) is 0 Å². The largest absolute Gasteiger partial charge is 0.369 e. The van der Waals surface area contributed by atoms with Crippen LogP contribution < -0.4 is 16.4 Å². The number of amides is 2. The zero-order valence-electron chi connectivity index (χ0n) is 10.2. The summed E-state index contributed by atoms with van der Waals surface area (Å²) < 4.78 is 0. The van der Waals surface area contributed by atoms with Crippen molar-refractivity contribution in [1.29, 1.82) is 0 Å². The number of nitrogens with two attached hydrogens (primary N) is 1. The SMILES string of the molecule is CC1CNCC1C(=O)NCC(C)(C)C(N)=O. The lowest BCUT2D eigenvalue weighted by Crippen LogP contribution is -2.45. The standard InChI is InChI=1S/C11H21N3O2/c1-7-4-13-5-8(7)9(15)14-6-11(2,3)10(12)16/h7-8,13H,4-6H2,1-3H3,(H2,12,16)(H,14,15). The number of primary amides is 1. The number of carbonyl (C=O) groups excluding carboxylic acids is 2. The zero-order chi connectivity index (χ0) is 12.3. The van der Waals surface area contributed by atoms with Gasteiger partial charge in [0.05, 0.1) is 11.3 Å². The average molecular weight is 227 g/mol. The van der Waals surface area contributed by atoms with Gasteiger partial charge in [-0.1, -0.05) is 6.92 Å². The Morgan fingerprint density at radius 1 is 1.44 bits per heavy atom. The second-order valence-electron chi connectivity index (χ2n) is 5.21. The van der Waals surface area contributed by atoms with Gasteiger partial charge < -0.3 is 16.4 Å². The lowest BCUT2D eigenvalue weighted by atomic mass is 9.91. The molecular formula is C11H21N3O2. The molecule has 0 aliphatic carbocycles. The van der Waals surface area contributed by atoms with E-state index in [1.807, 2.05) is 6.92 Å². The maximum atomic E-state index is 11.8. The lowest BCUT2D eigenvalue weighted by molar-refractivity contribution is -0.128. The molecule has 1 aliphatic heterocycles. The van der Waals surface area contributed by atoms with Crippen molar-refractivity contribution in [2.24, 2.45) is 23.0 Å². The normalized spacial score (nSPS) is 25.4. The molecular weight excluding hydrogens is 206 g/mol. The summed E-state index contributed by atoms with van der Waals surface area (Å²) in [5.74, 6) is -0.0439. The molecule has 16 heavy (non-hydrogen) atoms. The lowest BCUT2D eigenvalue weighted by Gasteiger charge is -2.22. The number of hydrogen-bond acceptors (Lipinski definition) is 3. The summed E-state index contributed by atoms with van der Waals surface area (Å²) in [4.78, 5) is 22.9. The van der Waals surface area contributed by atoms with Crippen LogP contribution in [0, 0.1) is 17.3 Å². The van der Waals surface area contributed by atoms with Crippen molar-refractivity contribution >= 4 is 11.8 Å². The van der Waals surface area contributed by atoms with Crippen molar-refractivity contribution in [1.82, 2.24) is 10.6 Å². The maximum absolute atomic E-state index is 11.8. The number of nitrogens with one attached hydrogen (secondary N) is 2. The summed E-state index contributed by atoms with van der Waals surface area (Å²) >= 11 is 0. The first kappa shape index (κ1) is 13.0. The average Bonchev–Trinajstić information content (AvgIpc) is 2.61. The van der Waals surface area contributed by atoms with Crippen molar-refractivity contribution in [3.05, 3.63) is 0 Å². The van der Waals surface area contributed by atoms with Crippen LogP contribution in [0.2, 0.25) is 0 Å². The first-order valence-electron chi connectivity index (χ1n) is 5.63. The molecule has 0 aromatic carbocycles. The predicted octanol–water partition coefficient (Wildman–Crippen LogP) is -0.530. The van der Waals surface area contributed by atoms with Gasteiger partial charge in [0, 0.05) is 13.1 Å². The van der Waals surface area contributed by atoms with E-state index in [4.69, 9.17) is 5.73 Å². The van der Waals surface area contributed by atoms with E-state index in [0.717, 1.165) is 6.54 Å². The molecule has 2 atom stereocenters. The monoisotopic (exact) mass is 227 g/mol. The third kappa shape index (κ3) is 2.95. The molecule has 0 bridgehead atoms. The van der Waals surface area contributed by atoms with Crippen LogP contribution in [-0.2, 0) is 9.59 Å². The Hall–Kier alpha value is -1.10. The van der Waals surface area contributed by atoms with Gasteiger partial charge in [0.2, 0.25) is 11.8 Å². The van der Waals surface area contributed by atoms with Crippen molar-refractivity contribution in [2.45, 2.75) is 20.8 Å². The molecule has 1 rings (SSSR count). The Bertz CT molecular complexity index is 289. The molecule has 0 aromatic rings. The fourth-order valence-electron chi connectivity index (χ4n) is 1.69. The molecule has 0 radical (unpaired) electrons. The van der Waals surface area contributed by atoms with E-state index in [0.29, 0.717) is 19.0 Å². The summed E-state index contributed by atoms with van der Waals surface area (Å²) in [6, 6.07) is 0. The fourth-order valence-corrected chi connectivity index (χ4v) is 1.69. The van der Waals surface area contributed by atoms with Crippen LogP contribution in [0.1, 0.15) is 20.8 Å². The van der Waals surface area contributed by atoms with E-state index >= 15 is 0 Å². The first-order valence-corrected chi connectivity index (χ1v) is 5.63. The molecule has 1 heterocycles. The van der Waals surface area contributed by atoms with E-state index in [9.17, 15) is 9.59 Å². The Morgan fingerprint density at radius 3 is 2.50 bits per heavy atom. The first-order chi connectivity index (χ1) is 7.34. The number of hydrogen-bond donors (Lipinski definition) is 3. The summed E-state index contributed by atoms with van der Waals surface area (Å²) in [5, 5.41) is 5.97. The second kappa shape index (κ2) is 4.82. The number of carbonyl (C=O) groups is 2. The molecule has 2 amide bonds. The van der Waals surface area contributed by atoms with Crippen LogP contribution in [0.4, 0.5) is 0 Å². The van der Waals surface area contributed by atoms with E-state index < -0.39 is 11.3 Å². The highest BCUT2D eigenvalue weighted by atomic mass is 16.2. The molecule has 1 aliphatic rings. The molecule has 1 saturated heterocycles. The molecule has 1 fully saturated rings. The van der Waals surface area contributed by atoms with Crippen molar-refractivity contribution in [3.8, 4) is 0 Å². The zero-order valence-corrected chi connectivity index (χ0v) is 10.2. The van der Waals surface area contributed by atoms with E-state index in [2.05, 4.69) is 10.6 Å². The van der Waals surface area contributed by atoms with E-state index in [1.165, 1.54) is 0 Å². The van der Waals surface area contributed by atoms with Crippen LogP contribution in [0.3, 0.4) is 0 Å². The van der Waals surface area contributed by atoms with Gasteiger partial charge in [-0.3, -0.25) is 9.59 Å². The third-order valence-electron chi connectivity index (χ3n) is 3.23. The van der Waals surface area contributed by atoms with Gasteiger partial charge >= 0.3 is 0 Å². The Kier molecular flexibility index (Phi) is 3.91. The van der Waals surface area contributed by atoms with Crippen molar-refractivity contribution in [3.63, 3.8) is 0 Å². The predicted molar refractivity (Wildman–Crippen MR) is 61.5 cm³/mol. The van der Waals surface area contributed by atoms with Gasteiger partial charge in [-0.15, -0.1) is 0 Å². The Balaban J connectivity index is 2.44. The number of rotatable bonds is 4. The van der Waals surface area contributed by atoms with Crippen LogP contribution in [0.25, 0.3) is 0 Å². The Morgan fingerprint density at radius 2 is 2.06 bits per heavy atom. The second-order valence-corrected chi connectivity index (χ2v) is 5.21. The maximum Gasteiger partial charge on any atom is 0.224 e. The third-order valence-corrected chi connectivity index (χ3v) is 3.23. The molecule has 5 nitrogen and oxygen atoms in total. The van der Waals surface area contributed by atoms with Crippen molar-refractivity contribution in [2.75, 3.05) is 19.6 Å². The molecule has 0 saturated carbocycles. The highest BCUT2D eigenvalue weighted by molar-refractivity contribution is 5.83. The fraction of sp³-hybridized carbons (Fsp3) is 0.818. The minimum absolute atomic E-state index is 0.00340. The molecule has 0 aromatic heterocycles. The highest BCUT2D eigenvalue weighted by Gasteiger charge is 2.31. The van der Waals surface area contributed by atoms with Gasteiger partial charge in [0.1, 0.15) is 0 Å². The quantitative estimate of drug-likeness (QED) is 0.603. The van der Waals surface area contributed by atoms with Gasteiger partial charge in [0.15, 0.2) is 0 Å². The molecule has 92 valence electrons. The van der Waals surface area contributed by atoms with Gasteiger partial charge in [-0.2, -0.15) is 0 Å². The van der Waals surface area contributed by atoms with Gasteiger partial charge in [-0.05, 0) is 26.3 Å². The highest BCUT2D eigenvalue weighted by Crippen LogP contribution is 2.17. The van der Waals surface area contributed by atoms with Crippen molar-refractivity contribution < 1.29 is 9.59 Å². The van der Waals surface area contributed by atoms with Crippen LogP contribution >= 0.6 is 0 Å². The minimum Gasteiger partial charge on any atom is -0.369 e. The topological polar surface area (TPSA) is 84.2 Å². The minimum atomic E-state index is -0.690. The summed E-state index contributed by atoms with van der Waals surface area (Å²) in [6.07, 6.45) is 0. The van der Waals surface area contributed by atoms with Crippen LogP contribution in [0.5, 0.6) is 0 Å². The van der Waals surface area contributed by atoms with Crippen LogP contribution in [-0.4, -0.2) is 31.4 Å². The summed E-state index contributed by atoms with van der Waals surface area (Å²) in [6.45, 7) is 7.38. The van der Waals surface area contributed by atoms with E-state index in [1.54, 1.807) is 13.8 Å². The van der Waals surface area contributed by atoms with Crippen LogP contribution in [0.15, 0.2) is 0 Å². The molecule has 0 spiro atoms. The molecule has 5 heteroatoms. The van der Waals surface area contributed by atoms with E-state index in [-0.39, 0.29) is 11.8 Å². The smallest absolute Gasteiger partial charge is 0.224 e. The Labute approximate surface area is 96.1 Å². The van der Waals surface area contributed by atoms with Gasteiger partial charge in [-0.25, -0.2) is 0 Å².